The van der Waals surface area contributed by atoms with E-state index < -0.39 is 0 Å². The lowest BCUT2D eigenvalue weighted by Crippen LogP contribution is -2.23. The fraction of sp³-hybridized carbons (Fsp3) is 0.400. The van der Waals surface area contributed by atoms with Gasteiger partial charge in [0, 0.05) is 36.0 Å². The van der Waals surface area contributed by atoms with Gasteiger partial charge in [-0.3, -0.25) is 4.98 Å². The first-order valence-corrected chi connectivity index (χ1v) is 6.35. The van der Waals surface area contributed by atoms with E-state index in [4.69, 9.17) is 5.73 Å². The summed E-state index contributed by atoms with van der Waals surface area (Å²) in [5.74, 6) is 0.625. The van der Waals surface area contributed by atoms with Crippen molar-refractivity contribution in [2.45, 2.75) is 20.8 Å². The van der Waals surface area contributed by atoms with Crippen LogP contribution >= 0.6 is 0 Å². The van der Waals surface area contributed by atoms with Crippen molar-refractivity contribution in [3.8, 4) is 0 Å². The van der Waals surface area contributed by atoms with Crippen LogP contribution in [0.15, 0.2) is 24.3 Å². The predicted octanol–water partition coefficient (Wildman–Crippen LogP) is 3.22. The normalized spacial score (nSPS) is 11.2. The molecule has 0 bridgehead atoms. The van der Waals surface area contributed by atoms with Crippen molar-refractivity contribution >= 4 is 22.3 Å². The summed E-state index contributed by atoms with van der Waals surface area (Å²) in [6.07, 6.45) is 0. The zero-order valence-electron chi connectivity index (χ0n) is 11.6. The smallest absolute Gasteiger partial charge is 0.0727 e. The van der Waals surface area contributed by atoms with E-state index in [-0.39, 0.29) is 0 Å². The number of anilines is 2. The molecule has 0 saturated heterocycles. The highest BCUT2D eigenvalue weighted by atomic mass is 15.1. The molecular weight excluding hydrogens is 222 g/mol. The minimum absolute atomic E-state index is 0.625. The molecule has 0 unspecified atom stereocenters. The average molecular weight is 243 g/mol. The van der Waals surface area contributed by atoms with Crippen LogP contribution in [-0.4, -0.2) is 18.6 Å². The fourth-order valence-electron chi connectivity index (χ4n) is 2.32. The van der Waals surface area contributed by atoms with Crippen LogP contribution in [-0.2, 0) is 0 Å². The fourth-order valence-corrected chi connectivity index (χ4v) is 2.32. The third-order valence-electron chi connectivity index (χ3n) is 2.99. The summed E-state index contributed by atoms with van der Waals surface area (Å²) in [5.41, 5.74) is 9.93. The first-order chi connectivity index (χ1) is 8.47. The van der Waals surface area contributed by atoms with Crippen molar-refractivity contribution in [3.63, 3.8) is 0 Å². The molecule has 2 N–H and O–H groups in total. The molecule has 2 aromatic rings. The van der Waals surface area contributed by atoms with Gasteiger partial charge in [-0.1, -0.05) is 13.8 Å². The second-order valence-electron chi connectivity index (χ2n) is 5.33. The monoisotopic (exact) mass is 243 g/mol. The molecular formula is C15H21N3. The van der Waals surface area contributed by atoms with Gasteiger partial charge in [0.2, 0.25) is 0 Å². The number of aryl methyl sites for hydroxylation is 1. The second-order valence-corrected chi connectivity index (χ2v) is 5.33. The van der Waals surface area contributed by atoms with Crippen molar-refractivity contribution in [1.82, 2.24) is 4.98 Å². The minimum atomic E-state index is 0.625. The standard InChI is InChI=1S/C15H21N3/c1-10(2)9-18(4)15-7-11(3)17-14-6-5-12(16)8-13(14)15/h5-8,10H,9,16H2,1-4H3. The zero-order chi connectivity index (χ0) is 13.3. The molecule has 0 radical (unpaired) electrons. The van der Waals surface area contributed by atoms with E-state index in [0.29, 0.717) is 5.92 Å². The maximum atomic E-state index is 5.89. The molecule has 0 aliphatic carbocycles. The van der Waals surface area contributed by atoms with Gasteiger partial charge >= 0.3 is 0 Å². The van der Waals surface area contributed by atoms with Gasteiger partial charge < -0.3 is 10.6 Å². The summed E-state index contributed by atoms with van der Waals surface area (Å²) >= 11 is 0. The summed E-state index contributed by atoms with van der Waals surface area (Å²) in [6.45, 7) is 7.50. The molecule has 1 aromatic heterocycles. The Morgan fingerprint density at radius 3 is 2.67 bits per heavy atom. The van der Waals surface area contributed by atoms with Crippen LogP contribution in [0.1, 0.15) is 19.5 Å². The Morgan fingerprint density at radius 2 is 2.00 bits per heavy atom. The number of nitrogen functional groups attached to an aromatic ring is 1. The Balaban J connectivity index is 2.57. The lowest BCUT2D eigenvalue weighted by Gasteiger charge is -2.23. The lowest BCUT2D eigenvalue weighted by atomic mass is 10.1. The number of aromatic nitrogens is 1. The summed E-state index contributed by atoms with van der Waals surface area (Å²) in [6, 6.07) is 8.03. The number of rotatable bonds is 3. The van der Waals surface area contributed by atoms with Gasteiger partial charge in [-0.05, 0) is 37.1 Å². The molecule has 18 heavy (non-hydrogen) atoms. The third kappa shape index (κ3) is 2.55. The van der Waals surface area contributed by atoms with Crippen LogP contribution in [0.5, 0.6) is 0 Å². The number of nitrogens with two attached hydrogens (primary N) is 1. The highest BCUT2D eigenvalue weighted by molar-refractivity contribution is 5.93. The molecule has 0 aliphatic heterocycles. The average Bonchev–Trinajstić information content (AvgIpc) is 2.27. The maximum Gasteiger partial charge on any atom is 0.0727 e. The molecule has 1 heterocycles. The van der Waals surface area contributed by atoms with E-state index in [1.807, 2.05) is 25.1 Å². The molecule has 0 aliphatic rings. The molecule has 1 aromatic carbocycles. The van der Waals surface area contributed by atoms with E-state index in [0.717, 1.165) is 28.8 Å². The Bertz CT molecular complexity index is 561. The highest BCUT2D eigenvalue weighted by Gasteiger charge is 2.10. The quantitative estimate of drug-likeness (QED) is 0.842. The molecule has 0 amide bonds. The van der Waals surface area contributed by atoms with Gasteiger partial charge in [0.05, 0.1) is 5.52 Å². The van der Waals surface area contributed by atoms with Crippen molar-refractivity contribution in [1.29, 1.82) is 0 Å². The number of hydrogen-bond donors (Lipinski definition) is 1. The van der Waals surface area contributed by atoms with Crippen LogP contribution in [0.3, 0.4) is 0 Å². The van der Waals surface area contributed by atoms with Gasteiger partial charge in [0.25, 0.3) is 0 Å². The van der Waals surface area contributed by atoms with Gasteiger partial charge in [-0.25, -0.2) is 0 Å². The summed E-state index contributed by atoms with van der Waals surface area (Å²) in [7, 11) is 2.12. The summed E-state index contributed by atoms with van der Waals surface area (Å²) in [5, 5.41) is 1.13. The molecule has 3 nitrogen and oxygen atoms in total. The Labute approximate surface area is 109 Å². The van der Waals surface area contributed by atoms with E-state index in [1.54, 1.807) is 0 Å². The van der Waals surface area contributed by atoms with Crippen molar-refractivity contribution < 1.29 is 0 Å². The summed E-state index contributed by atoms with van der Waals surface area (Å²) in [4.78, 5) is 6.84. The zero-order valence-corrected chi connectivity index (χ0v) is 11.6. The lowest BCUT2D eigenvalue weighted by molar-refractivity contribution is 0.639. The molecule has 2 rings (SSSR count). The van der Waals surface area contributed by atoms with Gasteiger partial charge in [0.15, 0.2) is 0 Å². The molecule has 0 saturated carbocycles. The third-order valence-corrected chi connectivity index (χ3v) is 2.99. The predicted molar refractivity (Wildman–Crippen MR) is 79.0 cm³/mol. The van der Waals surface area contributed by atoms with Crippen LogP contribution in [0.25, 0.3) is 10.9 Å². The first-order valence-electron chi connectivity index (χ1n) is 6.35. The van der Waals surface area contributed by atoms with E-state index in [2.05, 4.69) is 36.8 Å². The minimum Gasteiger partial charge on any atom is -0.399 e. The van der Waals surface area contributed by atoms with Crippen LogP contribution in [0.4, 0.5) is 11.4 Å². The van der Waals surface area contributed by atoms with Crippen molar-refractivity contribution in [3.05, 3.63) is 30.0 Å². The van der Waals surface area contributed by atoms with Crippen LogP contribution in [0, 0.1) is 12.8 Å². The largest absolute Gasteiger partial charge is 0.399 e. The Hall–Kier alpha value is -1.77. The van der Waals surface area contributed by atoms with E-state index >= 15 is 0 Å². The highest BCUT2D eigenvalue weighted by Crippen LogP contribution is 2.28. The molecule has 0 fully saturated rings. The Kier molecular flexibility index (Phi) is 3.41. The number of fused-ring (bicyclic) bond motifs is 1. The van der Waals surface area contributed by atoms with Crippen molar-refractivity contribution in [2.75, 3.05) is 24.2 Å². The maximum absolute atomic E-state index is 5.89. The number of pyridine rings is 1. The number of hydrogen-bond acceptors (Lipinski definition) is 3. The molecule has 96 valence electrons. The number of nitrogens with zero attached hydrogens (tertiary/aromatic N) is 2. The van der Waals surface area contributed by atoms with E-state index in [9.17, 15) is 0 Å². The number of benzene rings is 1. The van der Waals surface area contributed by atoms with Gasteiger partial charge in [0.1, 0.15) is 0 Å². The Morgan fingerprint density at radius 1 is 1.28 bits per heavy atom. The topological polar surface area (TPSA) is 42.1 Å². The molecule has 3 heteroatoms. The molecule has 0 atom stereocenters. The van der Waals surface area contributed by atoms with Crippen LogP contribution in [0.2, 0.25) is 0 Å². The second kappa shape index (κ2) is 4.84. The summed E-state index contributed by atoms with van der Waals surface area (Å²) < 4.78 is 0. The van der Waals surface area contributed by atoms with Gasteiger partial charge in [-0.15, -0.1) is 0 Å². The van der Waals surface area contributed by atoms with E-state index in [1.165, 1.54) is 5.69 Å². The van der Waals surface area contributed by atoms with Crippen molar-refractivity contribution in [2.24, 2.45) is 5.92 Å². The van der Waals surface area contributed by atoms with Crippen LogP contribution < -0.4 is 10.6 Å². The molecule has 0 spiro atoms. The van der Waals surface area contributed by atoms with Gasteiger partial charge in [-0.2, -0.15) is 0 Å². The SMILES string of the molecule is Cc1cc(N(C)CC(C)C)c2cc(N)ccc2n1. The first kappa shape index (κ1) is 12.7.